The van der Waals surface area contributed by atoms with Crippen molar-refractivity contribution < 1.29 is 26.3 Å². The highest BCUT2D eigenvalue weighted by molar-refractivity contribution is 7.93. The van der Waals surface area contributed by atoms with E-state index in [1.807, 2.05) is 19.9 Å². The number of nitrogens with zero attached hydrogens (tertiary/aromatic N) is 2. The predicted molar refractivity (Wildman–Crippen MR) is 129 cm³/mol. The monoisotopic (exact) mass is 506 g/mol. The average Bonchev–Trinajstić information content (AvgIpc) is 2.77. The van der Waals surface area contributed by atoms with Crippen molar-refractivity contribution in [1.82, 2.24) is 9.97 Å². The minimum absolute atomic E-state index is 0.0470. The third-order valence-electron chi connectivity index (χ3n) is 5.30. The number of sulfonamides is 2. The lowest BCUT2D eigenvalue weighted by Crippen LogP contribution is -2.17. The Morgan fingerprint density at radius 1 is 0.735 bits per heavy atom. The van der Waals surface area contributed by atoms with Gasteiger partial charge in [0.2, 0.25) is 5.88 Å². The minimum Gasteiger partial charge on any atom is -0.481 e. The van der Waals surface area contributed by atoms with Crippen LogP contribution in [0.15, 0.2) is 46.2 Å². The Balaban J connectivity index is 1.87. The molecule has 0 aliphatic carbocycles. The molecule has 0 spiro atoms. The molecule has 0 bridgehead atoms. The molecule has 2 aromatic carbocycles. The Hall–Kier alpha value is -3.38. The van der Waals surface area contributed by atoms with Crippen LogP contribution in [0.25, 0.3) is 0 Å². The summed E-state index contributed by atoms with van der Waals surface area (Å²) in [5.74, 6) is 0.0699. The fourth-order valence-corrected chi connectivity index (χ4v) is 6.01. The van der Waals surface area contributed by atoms with Crippen molar-refractivity contribution in [1.29, 1.82) is 0 Å². The van der Waals surface area contributed by atoms with Crippen LogP contribution in [-0.2, 0) is 20.0 Å². The number of benzene rings is 2. The number of anilines is 2. The topological polar surface area (TPSA) is 137 Å². The highest BCUT2D eigenvalue weighted by atomic mass is 32.2. The Labute approximate surface area is 199 Å². The van der Waals surface area contributed by atoms with E-state index in [-0.39, 0.29) is 33.2 Å². The molecule has 0 saturated carbocycles. The lowest BCUT2D eigenvalue weighted by molar-refractivity contribution is 0.353. The highest BCUT2D eigenvalue weighted by Gasteiger charge is 2.23. The van der Waals surface area contributed by atoms with Crippen molar-refractivity contribution in [2.75, 3.05) is 23.7 Å². The van der Waals surface area contributed by atoms with E-state index in [2.05, 4.69) is 19.4 Å². The number of rotatable bonds is 8. The molecule has 3 rings (SSSR count). The molecule has 0 aliphatic heterocycles. The molecule has 0 radical (unpaired) electrons. The second-order valence-corrected chi connectivity index (χ2v) is 10.9. The van der Waals surface area contributed by atoms with Gasteiger partial charge in [-0.25, -0.2) is 16.8 Å². The van der Waals surface area contributed by atoms with Gasteiger partial charge in [-0.05, 0) is 74.2 Å². The van der Waals surface area contributed by atoms with Gasteiger partial charge >= 0.3 is 6.01 Å². The Morgan fingerprint density at radius 2 is 1.32 bits per heavy atom. The first-order valence-electron chi connectivity index (χ1n) is 10.1. The maximum atomic E-state index is 13.1. The van der Waals surface area contributed by atoms with E-state index in [4.69, 9.17) is 9.47 Å². The summed E-state index contributed by atoms with van der Waals surface area (Å²) < 4.78 is 66.6. The van der Waals surface area contributed by atoms with Gasteiger partial charge in [0.15, 0.2) is 5.82 Å². The van der Waals surface area contributed by atoms with E-state index in [0.29, 0.717) is 11.1 Å². The zero-order chi connectivity index (χ0) is 25.3. The van der Waals surface area contributed by atoms with Crippen LogP contribution in [0.4, 0.5) is 11.5 Å². The zero-order valence-electron chi connectivity index (χ0n) is 19.6. The van der Waals surface area contributed by atoms with Gasteiger partial charge in [-0.15, -0.1) is 0 Å². The number of aryl methyl sites for hydroxylation is 2. The molecule has 34 heavy (non-hydrogen) atoms. The third-order valence-corrected chi connectivity index (χ3v) is 8.32. The van der Waals surface area contributed by atoms with Crippen LogP contribution in [0.3, 0.4) is 0 Å². The number of hydrogen-bond donors (Lipinski definition) is 2. The summed E-state index contributed by atoms with van der Waals surface area (Å²) in [5, 5.41) is 0. The maximum Gasteiger partial charge on any atom is 0.321 e. The van der Waals surface area contributed by atoms with Crippen LogP contribution in [0.2, 0.25) is 0 Å². The van der Waals surface area contributed by atoms with Gasteiger partial charge in [-0.2, -0.15) is 9.97 Å². The summed E-state index contributed by atoms with van der Waals surface area (Å²) in [6.45, 7) is 7.23. The van der Waals surface area contributed by atoms with Gasteiger partial charge in [0.25, 0.3) is 20.0 Å². The van der Waals surface area contributed by atoms with E-state index in [1.54, 1.807) is 13.8 Å². The summed E-state index contributed by atoms with van der Waals surface area (Å²) in [7, 11) is -5.20. The second-order valence-electron chi connectivity index (χ2n) is 7.61. The molecule has 182 valence electrons. The van der Waals surface area contributed by atoms with Gasteiger partial charge in [0, 0.05) is 11.8 Å². The molecule has 2 N–H and O–H groups in total. The molecule has 1 aromatic heterocycles. The van der Waals surface area contributed by atoms with Crippen molar-refractivity contribution in [2.24, 2.45) is 0 Å². The van der Waals surface area contributed by atoms with Gasteiger partial charge in [0.05, 0.1) is 24.0 Å². The molecule has 12 heteroatoms. The highest BCUT2D eigenvalue weighted by Crippen LogP contribution is 2.28. The summed E-state index contributed by atoms with van der Waals surface area (Å²) >= 11 is 0. The van der Waals surface area contributed by atoms with Gasteiger partial charge in [-0.1, -0.05) is 6.07 Å². The minimum atomic E-state index is -4.03. The van der Waals surface area contributed by atoms with Crippen molar-refractivity contribution in [3.8, 4) is 11.9 Å². The van der Waals surface area contributed by atoms with Crippen LogP contribution >= 0.6 is 0 Å². The quantitative estimate of drug-likeness (QED) is 0.475. The fraction of sp³-hybridized carbons (Fsp3) is 0.273. The van der Waals surface area contributed by atoms with Crippen molar-refractivity contribution in [3.05, 3.63) is 58.7 Å². The lowest BCUT2D eigenvalue weighted by Gasteiger charge is -2.17. The van der Waals surface area contributed by atoms with Crippen molar-refractivity contribution in [3.63, 3.8) is 0 Å². The number of nitrogens with one attached hydrogen (secondary N) is 2. The standard InChI is InChI=1S/C22H26N4O6S2/c1-13-11-14(2)16(4)21(15(13)3)34(29,30)25-17-7-9-18(10-8-17)33(27,28)26-19-12-20(31-5)24-22(23-19)32-6/h7-12,25H,1-6H3,(H,23,24,26). The lowest BCUT2D eigenvalue weighted by atomic mass is 10.0. The van der Waals surface area contributed by atoms with E-state index in [0.717, 1.165) is 11.1 Å². The molecule has 0 atom stereocenters. The molecule has 3 aromatic rings. The fourth-order valence-electron chi connectivity index (χ4n) is 3.34. The summed E-state index contributed by atoms with van der Waals surface area (Å²) in [4.78, 5) is 7.98. The molecule has 0 saturated heterocycles. The molecule has 1 heterocycles. The molecular formula is C22H26N4O6S2. The molecule has 0 amide bonds. The van der Waals surface area contributed by atoms with Gasteiger partial charge in [-0.3, -0.25) is 9.44 Å². The molecular weight excluding hydrogens is 480 g/mol. The first-order valence-corrected chi connectivity index (χ1v) is 13.0. The summed E-state index contributed by atoms with van der Waals surface area (Å²) in [6.07, 6.45) is 0. The van der Waals surface area contributed by atoms with Crippen LogP contribution in [0.5, 0.6) is 11.9 Å². The van der Waals surface area contributed by atoms with E-state index in [1.165, 1.54) is 44.6 Å². The normalized spacial score (nSPS) is 11.7. The average molecular weight is 507 g/mol. The molecule has 0 aliphatic rings. The first kappa shape index (κ1) is 25.2. The Kier molecular flexibility index (Phi) is 7.03. The van der Waals surface area contributed by atoms with Gasteiger partial charge < -0.3 is 9.47 Å². The van der Waals surface area contributed by atoms with Crippen molar-refractivity contribution in [2.45, 2.75) is 37.5 Å². The van der Waals surface area contributed by atoms with Crippen LogP contribution < -0.4 is 18.9 Å². The Bertz CT molecular complexity index is 1390. The number of methoxy groups -OCH3 is 2. The Morgan fingerprint density at radius 3 is 1.85 bits per heavy atom. The number of aromatic nitrogens is 2. The van der Waals surface area contributed by atoms with Crippen LogP contribution in [-0.4, -0.2) is 41.0 Å². The van der Waals surface area contributed by atoms with Crippen molar-refractivity contribution >= 4 is 31.6 Å². The van der Waals surface area contributed by atoms with Crippen LogP contribution in [0, 0.1) is 27.7 Å². The summed E-state index contributed by atoms with van der Waals surface area (Å²) in [6, 6.07) is 8.50. The SMILES string of the molecule is COc1cc(NS(=O)(=O)c2ccc(NS(=O)(=O)c3c(C)c(C)cc(C)c3C)cc2)nc(OC)n1. The van der Waals surface area contributed by atoms with E-state index in [9.17, 15) is 16.8 Å². The second kappa shape index (κ2) is 9.47. The molecule has 0 unspecified atom stereocenters. The molecule has 0 fully saturated rings. The van der Waals surface area contributed by atoms with E-state index >= 15 is 0 Å². The smallest absolute Gasteiger partial charge is 0.321 e. The molecule has 10 nitrogen and oxygen atoms in total. The third kappa shape index (κ3) is 5.23. The predicted octanol–water partition coefficient (Wildman–Crippen LogP) is 3.33. The zero-order valence-corrected chi connectivity index (χ0v) is 21.3. The maximum absolute atomic E-state index is 13.1. The largest absolute Gasteiger partial charge is 0.481 e. The van der Waals surface area contributed by atoms with Gasteiger partial charge in [0.1, 0.15) is 0 Å². The van der Waals surface area contributed by atoms with Crippen LogP contribution in [0.1, 0.15) is 22.3 Å². The van der Waals surface area contributed by atoms with E-state index < -0.39 is 20.0 Å². The first-order chi connectivity index (χ1) is 15.9. The number of ether oxygens (including phenoxy) is 2. The number of hydrogen-bond acceptors (Lipinski definition) is 8. The summed E-state index contributed by atoms with van der Waals surface area (Å²) in [5.41, 5.74) is 3.29.